The molecule has 1 aliphatic carbocycles. The first-order valence-electron chi connectivity index (χ1n) is 9.45. The number of fused-ring (bicyclic) bond motifs is 2. The lowest BCUT2D eigenvalue weighted by Crippen LogP contribution is -2.17. The molecule has 0 unspecified atom stereocenters. The van der Waals surface area contributed by atoms with Gasteiger partial charge in [-0.25, -0.2) is 4.98 Å². The van der Waals surface area contributed by atoms with Gasteiger partial charge in [0.05, 0.1) is 15.9 Å². The molecule has 140 valence electrons. The Balaban J connectivity index is 1.58. The summed E-state index contributed by atoms with van der Waals surface area (Å²) in [6, 6.07) is 13.9. The summed E-state index contributed by atoms with van der Waals surface area (Å²) in [6.07, 6.45) is 2.95. The zero-order chi connectivity index (χ0) is 19.3. The summed E-state index contributed by atoms with van der Waals surface area (Å²) in [5.41, 5.74) is 5.96. The van der Waals surface area contributed by atoms with Gasteiger partial charge in [0.1, 0.15) is 5.82 Å². The highest BCUT2D eigenvalue weighted by Gasteiger charge is 2.26. The Morgan fingerprint density at radius 2 is 2.00 bits per heavy atom. The molecule has 1 N–H and O–H groups in total. The monoisotopic (exact) mass is 388 g/mol. The molecule has 0 atom stereocenters. The van der Waals surface area contributed by atoms with Crippen LogP contribution in [0.1, 0.15) is 39.2 Å². The van der Waals surface area contributed by atoms with Gasteiger partial charge in [-0.05, 0) is 56.9 Å². The van der Waals surface area contributed by atoms with Gasteiger partial charge < -0.3 is 5.32 Å². The zero-order valence-electron chi connectivity index (χ0n) is 15.8. The van der Waals surface area contributed by atoms with Crippen molar-refractivity contribution in [3.63, 3.8) is 0 Å². The Bertz CT molecular complexity index is 1190. The van der Waals surface area contributed by atoms with E-state index in [-0.39, 0.29) is 5.91 Å². The minimum absolute atomic E-state index is 0.102. The number of nitrogens with zero attached hydrogens (tertiary/aromatic N) is 3. The minimum atomic E-state index is -0.102. The maximum Gasteiger partial charge on any atom is 0.257 e. The number of hydrogen-bond acceptors (Lipinski definition) is 4. The number of carbonyl (C=O) groups is 1. The van der Waals surface area contributed by atoms with Gasteiger partial charge >= 0.3 is 0 Å². The highest BCUT2D eigenvalue weighted by Crippen LogP contribution is 2.34. The van der Waals surface area contributed by atoms with Crippen LogP contribution in [0, 0.1) is 13.8 Å². The van der Waals surface area contributed by atoms with E-state index >= 15 is 0 Å². The van der Waals surface area contributed by atoms with Gasteiger partial charge in [-0.1, -0.05) is 41.2 Å². The van der Waals surface area contributed by atoms with Crippen LogP contribution in [-0.4, -0.2) is 20.7 Å². The highest BCUT2D eigenvalue weighted by molar-refractivity contribution is 7.20. The molecule has 1 amide bonds. The van der Waals surface area contributed by atoms with Crippen molar-refractivity contribution in [3.05, 3.63) is 70.4 Å². The molecule has 0 spiro atoms. The van der Waals surface area contributed by atoms with Gasteiger partial charge in [0.15, 0.2) is 0 Å². The van der Waals surface area contributed by atoms with Gasteiger partial charge in [-0.15, -0.1) is 0 Å². The molecular formula is C22H20N4OS. The van der Waals surface area contributed by atoms with Crippen molar-refractivity contribution in [2.75, 3.05) is 5.32 Å². The number of thiazole rings is 1. The number of benzene rings is 2. The van der Waals surface area contributed by atoms with Gasteiger partial charge in [0.2, 0.25) is 5.13 Å². The average molecular weight is 388 g/mol. The fourth-order valence-electron chi connectivity index (χ4n) is 3.85. The number of aryl methyl sites for hydroxylation is 3. The summed E-state index contributed by atoms with van der Waals surface area (Å²) in [6.45, 7) is 4.00. The first-order chi connectivity index (χ1) is 13.6. The fourth-order valence-corrected chi connectivity index (χ4v) is 4.78. The lowest BCUT2D eigenvalue weighted by Gasteiger charge is -2.11. The van der Waals surface area contributed by atoms with E-state index in [0.29, 0.717) is 5.56 Å². The molecule has 0 fully saturated rings. The molecular weight excluding hydrogens is 368 g/mol. The Morgan fingerprint density at radius 1 is 1.14 bits per heavy atom. The highest BCUT2D eigenvalue weighted by atomic mass is 32.1. The second-order valence-corrected chi connectivity index (χ2v) is 8.28. The van der Waals surface area contributed by atoms with Crippen molar-refractivity contribution in [1.82, 2.24) is 14.8 Å². The third kappa shape index (κ3) is 2.81. The topological polar surface area (TPSA) is 59.8 Å². The number of rotatable bonds is 3. The molecule has 0 saturated carbocycles. The number of anilines is 1. The number of carbonyl (C=O) groups excluding carboxylic acids is 1. The van der Waals surface area contributed by atoms with Gasteiger partial charge in [-0.3, -0.25) is 4.79 Å². The van der Waals surface area contributed by atoms with Crippen molar-refractivity contribution in [2.45, 2.75) is 33.1 Å². The second-order valence-electron chi connectivity index (χ2n) is 7.28. The van der Waals surface area contributed by atoms with Gasteiger partial charge in [0, 0.05) is 11.1 Å². The van der Waals surface area contributed by atoms with Crippen LogP contribution in [-0.2, 0) is 12.8 Å². The molecule has 4 aromatic rings. The molecule has 5 rings (SSSR count). The Hall–Kier alpha value is -2.99. The lowest BCUT2D eigenvalue weighted by atomic mass is 10.1. The van der Waals surface area contributed by atoms with Crippen LogP contribution in [0.25, 0.3) is 15.3 Å². The Morgan fingerprint density at radius 3 is 2.82 bits per heavy atom. The normalized spacial score (nSPS) is 13.1. The first-order valence-corrected chi connectivity index (χ1v) is 10.3. The smallest absolute Gasteiger partial charge is 0.257 e. The first kappa shape index (κ1) is 17.1. The molecule has 5 nitrogen and oxygen atoms in total. The van der Waals surface area contributed by atoms with Crippen molar-refractivity contribution < 1.29 is 4.79 Å². The third-order valence-electron chi connectivity index (χ3n) is 5.23. The summed E-state index contributed by atoms with van der Waals surface area (Å²) in [5.74, 6) is 0.658. The molecule has 0 saturated heterocycles. The van der Waals surface area contributed by atoms with Crippen LogP contribution in [0.4, 0.5) is 5.82 Å². The second kappa shape index (κ2) is 6.56. The quantitative estimate of drug-likeness (QED) is 0.546. The predicted octanol–water partition coefficient (Wildman–Crippen LogP) is 4.84. The standard InChI is InChI=1S/C22H20N4OS/c1-13-10-11-15(14(2)12-13)21(27)24-20-16-6-5-8-17(16)25-26(20)22-23-18-7-3-4-9-19(18)28-22/h3-4,7,9-12H,5-6,8H2,1-2H3,(H,24,27). The third-order valence-corrected chi connectivity index (χ3v) is 6.24. The van der Waals surface area contributed by atoms with Crippen LogP contribution in [0.2, 0.25) is 0 Å². The molecule has 6 heteroatoms. The molecule has 0 bridgehead atoms. The SMILES string of the molecule is Cc1ccc(C(=O)Nc2c3c(nn2-c2nc4ccccc4s2)CCC3)c(C)c1. The number of nitrogens with one attached hydrogen (secondary N) is 1. The molecule has 0 aliphatic heterocycles. The Labute approximate surface area is 167 Å². The van der Waals surface area contributed by atoms with Crippen LogP contribution in [0.3, 0.4) is 0 Å². The van der Waals surface area contributed by atoms with Crippen LogP contribution >= 0.6 is 11.3 Å². The van der Waals surface area contributed by atoms with Crippen molar-refractivity contribution in [3.8, 4) is 5.13 Å². The van der Waals surface area contributed by atoms with Gasteiger partial charge in [-0.2, -0.15) is 9.78 Å². The largest absolute Gasteiger partial charge is 0.306 e. The van der Waals surface area contributed by atoms with E-state index in [1.54, 1.807) is 11.3 Å². The molecule has 28 heavy (non-hydrogen) atoms. The summed E-state index contributed by atoms with van der Waals surface area (Å²) < 4.78 is 2.93. The maximum absolute atomic E-state index is 13.0. The molecule has 2 aromatic carbocycles. The van der Waals surface area contributed by atoms with E-state index in [4.69, 9.17) is 10.1 Å². The summed E-state index contributed by atoms with van der Waals surface area (Å²) in [5, 5.41) is 8.71. The van der Waals surface area contributed by atoms with Crippen molar-refractivity contribution in [2.24, 2.45) is 0 Å². The van der Waals surface area contributed by atoms with Crippen molar-refractivity contribution in [1.29, 1.82) is 0 Å². The summed E-state index contributed by atoms with van der Waals surface area (Å²) in [4.78, 5) is 17.8. The molecule has 1 aliphatic rings. The van der Waals surface area contributed by atoms with E-state index < -0.39 is 0 Å². The lowest BCUT2D eigenvalue weighted by molar-refractivity contribution is 0.102. The molecule has 0 radical (unpaired) electrons. The van der Waals surface area contributed by atoms with E-state index in [2.05, 4.69) is 11.4 Å². The summed E-state index contributed by atoms with van der Waals surface area (Å²) in [7, 11) is 0. The number of amides is 1. The van der Waals surface area contributed by atoms with E-state index in [1.165, 1.54) is 0 Å². The van der Waals surface area contributed by atoms with Crippen LogP contribution in [0.5, 0.6) is 0 Å². The van der Waals surface area contributed by atoms with E-state index in [1.807, 2.05) is 54.9 Å². The minimum Gasteiger partial charge on any atom is -0.306 e. The number of aromatic nitrogens is 3. The fraction of sp³-hybridized carbons (Fsp3) is 0.227. The van der Waals surface area contributed by atoms with E-state index in [9.17, 15) is 4.79 Å². The predicted molar refractivity (Wildman–Crippen MR) is 113 cm³/mol. The maximum atomic E-state index is 13.0. The average Bonchev–Trinajstić information content (AvgIpc) is 3.36. The summed E-state index contributed by atoms with van der Waals surface area (Å²) >= 11 is 1.59. The Kier molecular flexibility index (Phi) is 4.02. The molecule has 2 aromatic heterocycles. The van der Waals surface area contributed by atoms with Crippen molar-refractivity contribution >= 4 is 33.3 Å². The van der Waals surface area contributed by atoms with Crippen LogP contribution in [0.15, 0.2) is 42.5 Å². The number of hydrogen-bond donors (Lipinski definition) is 1. The van der Waals surface area contributed by atoms with Gasteiger partial charge in [0.25, 0.3) is 5.91 Å². The van der Waals surface area contributed by atoms with Crippen LogP contribution < -0.4 is 5.32 Å². The molecule has 2 heterocycles. The number of para-hydroxylation sites is 1. The zero-order valence-corrected chi connectivity index (χ0v) is 16.6. The van der Waals surface area contributed by atoms with E-state index in [0.717, 1.165) is 62.8 Å².